The van der Waals surface area contributed by atoms with Gasteiger partial charge in [0, 0.05) is 43.9 Å². The fourth-order valence-electron chi connectivity index (χ4n) is 3.32. The summed E-state index contributed by atoms with van der Waals surface area (Å²) in [5.74, 6) is 0.359. The van der Waals surface area contributed by atoms with Crippen LogP contribution in [0.5, 0.6) is 5.75 Å². The van der Waals surface area contributed by atoms with Crippen LogP contribution in [-0.4, -0.2) is 40.0 Å². The number of halogens is 1. The van der Waals surface area contributed by atoms with Crippen molar-refractivity contribution in [2.24, 2.45) is 0 Å². The number of likely N-dealkylation sites (tertiary alicyclic amines) is 1. The van der Waals surface area contributed by atoms with Crippen molar-refractivity contribution in [2.75, 3.05) is 13.1 Å². The second kappa shape index (κ2) is 8.17. The van der Waals surface area contributed by atoms with Gasteiger partial charge in [-0.15, -0.1) is 0 Å². The zero-order chi connectivity index (χ0) is 19.3. The Balaban J connectivity index is 1.37. The van der Waals surface area contributed by atoms with Crippen molar-refractivity contribution in [1.82, 2.24) is 14.9 Å². The second-order valence-electron chi connectivity index (χ2n) is 6.71. The summed E-state index contributed by atoms with van der Waals surface area (Å²) >= 11 is 0. The summed E-state index contributed by atoms with van der Waals surface area (Å²) in [6, 6.07) is 13.6. The molecule has 6 heteroatoms. The van der Waals surface area contributed by atoms with E-state index in [-0.39, 0.29) is 17.8 Å². The lowest BCUT2D eigenvalue weighted by Gasteiger charge is -2.32. The minimum Gasteiger partial charge on any atom is -0.489 e. The van der Waals surface area contributed by atoms with Gasteiger partial charge in [-0.1, -0.05) is 12.1 Å². The Labute approximate surface area is 162 Å². The molecule has 1 aliphatic heterocycles. The van der Waals surface area contributed by atoms with Crippen LogP contribution >= 0.6 is 0 Å². The Morgan fingerprint density at radius 3 is 2.54 bits per heavy atom. The number of piperidine rings is 1. The van der Waals surface area contributed by atoms with Gasteiger partial charge in [0.05, 0.1) is 17.5 Å². The minimum atomic E-state index is -0.329. The minimum absolute atomic E-state index is 0.0626. The fourth-order valence-corrected chi connectivity index (χ4v) is 3.32. The van der Waals surface area contributed by atoms with E-state index in [0.29, 0.717) is 29.9 Å². The van der Waals surface area contributed by atoms with Gasteiger partial charge < -0.3 is 9.64 Å². The molecule has 0 atom stereocenters. The van der Waals surface area contributed by atoms with Crippen LogP contribution in [0.2, 0.25) is 0 Å². The summed E-state index contributed by atoms with van der Waals surface area (Å²) < 4.78 is 19.8. The molecule has 0 N–H and O–H groups in total. The molecule has 5 nitrogen and oxygen atoms in total. The smallest absolute Gasteiger partial charge is 0.255 e. The maximum Gasteiger partial charge on any atom is 0.255 e. The zero-order valence-electron chi connectivity index (χ0n) is 15.3. The molecular weight excluding hydrogens is 357 g/mol. The van der Waals surface area contributed by atoms with Crippen LogP contribution in [0.15, 0.2) is 67.1 Å². The lowest BCUT2D eigenvalue weighted by molar-refractivity contribution is 0.0594. The first-order valence-corrected chi connectivity index (χ1v) is 9.27. The van der Waals surface area contributed by atoms with Gasteiger partial charge in [0.15, 0.2) is 0 Å². The summed E-state index contributed by atoms with van der Waals surface area (Å²) in [5, 5.41) is 0. The molecule has 28 heavy (non-hydrogen) atoms. The molecular formula is C22H20FN3O2. The van der Waals surface area contributed by atoms with Crippen LogP contribution < -0.4 is 4.74 Å². The highest BCUT2D eigenvalue weighted by Crippen LogP contribution is 2.22. The number of rotatable bonds is 4. The van der Waals surface area contributed by atoms with Crippen LogP contribution in [0.25, 0.3) is 11.3 Å². The summed E-state index contributed by atoms with van der Waals surface area (Å²) in [6.07, 6.45) is 6.53. The number of nitrogens with zero attached hydrogens (tertiary/aromatic N) is 3. The van der Waals surface area contributed by atoms with Gasteiger partial charge in [0.1, 0.15) is 17.7 Å². The first kappa shape index (κ1) is 18.1. The largest absolute Gasteiger partial charge is 0.489 e. The lowest BCUT2D eigenvalue weighted by atomic mass is 10.1. The predicted molar refractivity (Wildman–Crippen MR) is 103 cm³/mol. The van der Waals surface area contributed by atoms with Crippen molar-refractivity contribution in [3.8, 4) is 17.0 Å². The number of aromatic nitrogens is 2. The topological polar surface area (TPSA) is 55.3 Å². The molecule has 1 amide bonds. The maximum atomic E-state index is 13.9. The first-order valence-electron chi connectivity index (χ1n) is 9.27. The van der Waals surface area contributed by atoms with Gasteiger partial charge in [-0.3, -0.25) is 14.8 Å². The Morgan fingerprint density at radius 1 is 1.04 bits per heavy atom. The van der Waals surface area contributed by atoms with Crippen molar-refractivity contribution in [2.45, 2.75) is 18.9 Å². The van der Waals surface area contributed by atoms with Crippen molar-refractivity contribution in [3.05, 3.63) is 78.5 Å². The highest BCUT2D eigenvalue weighted by molar-refractivity contribution is 5.94. The molecule has 2 aromatic heterocycles. The monoisotopic (exact) mass is 377 g/mol. The van der Waals surface area contributed by atoms with Gasteiger partial charge in [-0.05, 0) is 36.4 Å². The normalized spacial score (nSPS) is 14.7. The van der Waals surface area contributed by atoms with Gasteiger partial charge in [-0.25, -0.2) is 4.39 Å². The third-order valence-electron chi connectivity index (χ3n) is 4.83. The summed E-state index contributed by atoms with van der Waals surface area (Å²) in [7, 11) is 0. The van der Waals surface area contributed by atoms with Crippen LogP contribution in [-0.2, 0) is 0 Å². The van der Waals surface area contributed by atoms with Crippen molar-refractivity contribution < 1.29 is 13.9 Å². The standard InChI is InChI=1S/C22H20FN3O2/c23-20-6-2-1-5-19(20)21-8-7-16(14-25-21)22(27)26-12-9-17(10-13-26)28-18-4-3-11-24-15-18/h1-8,11,14-15,17H,9-10,12-13H2. The number of hydrogen-bond acceptors (Lipinski definition) is 4. The molecule has 1 aliphatic rings. The maximum absolute atomic E-state index is 13.9. The Hall–Kier alpha value is -3.28. The SMILES string of the molecule is O=C(c1ccc(-c2ccccc2F)nc1)N1CCC(Oc2cccnc2)CC1. The molecule has 1 saturated heterocycles. The van der Waals surface area contributed by atoms with E-state index in [4.69, 9.17) is 4.74 Å². The average molecular weight is 377 g/mol. The molecule has 3 aromatic rings. The molecule has 0 unspecified atom stereocenters. The lowest BCUT2D eigenvalue weighted by Crippen LogP contribution is -2.41. The van der Waals surface area contributed by atoms with E-state index in [9.17, 15) is 9.18 Å². The Morgan fingerprint density at radius 2 is 1.86 bits per heavy atom. The van der Waals surface area contributed by atoms with E-state index in [1.54, 1.807) is 42.7 Å². The van der Waals surface area contributed by atoms with E-state index in [1.807, 2.05) is 17.0 Å². The summed E-state index contributed by atoms with van der Waals surface area (Å²) in [6.45, 7) is 1.25. The molecule has 0 bridgehead atoms. The molecule has 142 valence electrons. The van der Waals surface area contributed by atoms with Crippen LogP contribution in [0.3, 0.4) is 0 Å². The predicted octanol–water partition coefficient (Wildman–Crippen LogP) is 3.97. The molecule has 1 fully saturated rings. The molecule has 4 rings (SSSR count). The van der Waals surface area contributed by atoms with Crippen molar-refractivity contribution >= 4 is 5.91 Å². The van der Waals surface area contributed by atoms with Gasteiger partial charge in [-0.2, -0.15) is 0 Å². The molecule has 0 radical (unpaired) electrons. The third-order valence-corrected chi connectivity index (χ3v) is 4.83. The number of carbonyl (C=O) groups excluding carboxylic acids is 1. The van der Waals surface area contributed by atoms with Crippen LogP contribution in [0.1, 0.15) is 23.2 Å². The fraction of sp³-hybridized carbons (Fsp3) is 0.227. The summed E-state index contributed by atoms with van der Waals surface area (Å²) in [4.78, 5) is 22.9. The van der Waals surface area contributed by atoms with Crippen LogP contribution in [0, 0.1) is 5.82 Å². The summed E-state index contributed by atoms with van der Waals surface area (Å²) in [5.41, 5.74) is 1.44. The van der Waals surface area contributed by atoms with E-state index < -0.39 is 0 Å². The third kappa shape index (κ3) is 4.01. The van der Waals surface area contributed by atoms with Gasteiger partial charge >= 0.3 is 0 Å². The molecule has 3 heterocycles. The second-order valence-corrected chi connectivity index (χ2v) is 6.71. The van der Waals surface area contributed by atoms with E-state index in [2.05, 4.69) is 9.97 Å². The number of carbonyl (C=O) groups is 1. The Kier molecular flexibility index (Phi) is 5.28. The number of benzene rings is 1. The highest BCUT2D eigenvalue weighted by Gasteiger charge is 2.25. The van der Waals surface area contributed by atoms with Gasteiger partial charge in [0.25, 0.3) is 5.91 Å². The van der Waals surface area contributed by atoms with Gasteiger partial charge in [0.2, 0.25) is 0 Å². The number of hydrogen-bond donors (Lipinski definition) is 0. The van der Waals surface area contributed by atoms with Crippen molar-refractivity contribution in [1.29, 1.82) is 0 Å². The number of ether oxygens (including phenoxy) is 1. The quantitative estimate of drug-likeness (QED) is 0.690. The van der Waals surface area contributed by atoms with E-state index >= 15 is 0 Å². The van der Waals surface area contributed by atoms with Crippen LogP contribution in [0.4, 0.5) is 4.39 Å². The zero-order valence-corrected chi connectivity index (χ0v) is 15.3. The number of amides is 1. The molecule has 0 spiro atoms. The average Bonchev–Trinajstić information content (AvgIpc) is 2.75. The van der Waals surface area contributed by atoms with Crippen molar-refractivity contribution in [3.63, 3.8) is 0 Å². The Bertz CT molecular complexity index is 940. The highest BCUT2D eigenvalue weighted by atomic mass is 19.1. The number of pyridine rings is 2. The van der Waals surface area contributed by atoms with E-state index in [1.165, 1.54) is 12.3 Å². The molecule has 1 aromatic carbocycles. The first-order chi connectivity index (χ1) is 13.7. The van der Waals surface area contributed by atoms with E-state index in [0.717, 1.165) is 18.6 Å². The molecule has 0 aliphatic carbocycles. The molecule has 0 saturated carbocycles.